The highest BCUT2D eigenvalue weighted by molar-refractivity contribution is 6.30. The number of carbonyl (C=O) groups is 2. The minimum atomic E-state index is -0.526. The van der Waals surface area contributed by atoms with Crippen molar-refractivity contribution >= 4 is 23.4 Å². The molecule has 1 aromatic heterocycles. The summed E-state index contributed by atoms with van der Waals surface area (Å²) in [6.07, 6.45) is 3.21. The summed E-state index contributed by atoms with van der Waals surface area (Å²) in [7, 11) is 0. The number of hydrogen-bond acceptors (Lipinski definition) is 4. The summed E-state index contributed by atoms with van der Waals surface area (Å²) in [5.41, 5.74) is 5.38. The molecule has 0 radical (unpaired) electrons. The summed E-state index contributed by atoms with van der Waals surface area (Å²) in [6, 6.07) is 8.72. The van der Waals surface area contributed by atoms with Gasteiger partial charge in [0.1, 0.15) is 11.4 Å². The van der Waals surface area contributed by atoms with Gasteiger partial charge >= 0.3 is 0 Å². The fourth-order valence-corrected chi connectivity index (χ4v) is 3.58. The van der Waals surface area contributed by atoms with Crippen molar-refractivity contribution in [2.75, 3.05) is 19.7 Å². The third-order valence-corrected chi connectivity index (χ3v) is 4.81. The molecule has 2 aromatic rings. The minimum Gasteiger partial charge on any atom is -0.493 e. The molecule has 8 heteroatoms. The van der Waals surface area contributed by atoms with E-state index in [4.69, 9.17) is 22.1 Å². The van der Waals surface area contributed by atoms with Crippen LogP contribution in [-0.4, -0.2) is 46.6 Å². The monoisotopic (exact) mass is 376 g/mol. The van der Waals surface area contributed by atoms with Crippen LogP contribution in [-0.2, 0) is 4.79 Å². The summed E-state index contributed by atoms with van der Waals surface area (Å²) in [5.74, 6) is 0.0766. The molecule has 2 heterocycles. The van der Waals surface area contributed by atoms with Crippen LogP contribution in [0.5, 0.6) is 5.75 Å². The number of aromatic amines is 1. The van der Waals surface area contributed by atoms with E-state index >= 15 is 0 Å². The fourth-order valence-electron chi connectivity index (χ4n) is 3.40. The Bertz CT molecular complexity index is 781. The number of carbonyl (C=O) groups excluding carboxylic acids is 2. The van der Waals surface area contributed by atoms with Gasteiger partial charge in [-0.1, -0.05) is 17.7 Å². The van der Waals surface area contributed by atoms with Gasteiger partial charge in [-0.15, -0.1) is 0 Å². The van der Waals surface area contributed by atoms with Crippen molar-refractivity contribution in [2.24, 2.45) is 11.1 Å². The molecule has 1 aromatic carbocycles. The molecule has 1 aliphatic heterocycles. The zero-order chi connectivity index (χ0) is 18.6. The summed E-state index contributed by atoms with van der Waals surface area (Å²) in [6.45, 7) is 1.30. The number of amides is 2. The Balaban J connectivity index is 1.75. The van der Waals surface area contributed by atoms with E-state index in [-0.39, 0.29) is 18.9 Å². The molecule has 138 valence electrons. The lowest BCUT2D eigenvalue weighted by Gasteiger charge is -2.41. The molecule has 0 saturated carbocycles. The molecule has 7 nitrogen and oxygen atoms in total. The van der Waals surface area contributed by atoms with Crippen LogP contribution in [0.15, 0.2) is 36.5 Å². The number of halogens is 1. The van der Waals surface area contributed by atoms with E-state index in [1.165, 1.54) is 6.20 Å². The van der Waals surface area contributed by atoms with Crippen molar-refractivity contribution in [1.82, 2.24) is 15.1 Å². The Morgan fingerprint density at radius 1 is 1.38 bits per heavy atom. The van der Waals surface area contributed by atoms with Crippen molar-refractivity contribution in [3.8, 4) is 5.75 Å². The van der Waals surface area contributed by atoms with Crippen LogP contribution < -0.4 is 10.5 Å². The van der Waals surface area contributed by atoms with E-state index in [1.54, 1.807) is 35.2 Å². The molecule has 0 unspecified atom stereocenters. The van der Waals surface area contributed by atoms with E-state index < -0.39 is 11.3 Å². The van der Waals surface area contributed by atoms with Gasteiger partial charge in [0.15, 0.2) is 0 Å². The van der Waals surface area contributed by atoms with Gasteiger partial charge in [0.05, 0.1) is 6.61 Å². The Hall–Kier alpha value is -2.54. The number of aromatic nitrogens is 2. The lowest BCUT2D eigenvalue weighted by atomic mass is 9.77. The van der Waals surface area contributed by atoms with E-state index in [1.807, 2.05) is 0 Å². The van der Waals surface area contributed by atoms with E-state index in [0.29, 0.717) is 29.6 Å². The molecule has 26 heavy (non-hydrogen) atoms. The molecule has 1 saturated heterocycles. The maximum Gasteiger partial charge on any atom is 0.271 e. The average Bonchev–Trinajstić information content (AvgIpc) is 3.14. The Kier molecular flexibility index (Phi) is 5.46. The van der Waals surface area contributed by atoms with Crippen LogP contribution in [0.1, 0.15) is 29.8 Å². The third-order valence-electron chi connectivity index (χ3n) is 4.57. The highest BCUT2D eigenvalue weighted by Gasteiger charge is 2.39. The first-order chi connectivity index (χ1) is 12.5. The second-order valence-corrected chi connectivity index (χ2v) is 7.13. The van der Waals surface area contributed by atoms with Crippen LogP contribution >= 0.6 is 11.6 Å². The third kappa shape index (κ3) is 4.35. The first kappa shape index (κ1) is 18.3. The van der Waals surface area contributed by atoms with E-state index in [9.17, 15) is 9.59 Å². The first-order valence-electron chi connectivity index (χ1n) is 8.43. The summed E-state index contributed by atoms with van der Waals surface area (Å²) in [4.78, 5) is 26.0. The Morgan fingerprint density at radius 2 is 2.23 bits per heavy atom. The van der Waals surface area contributed by atoms with Gasteiger partial charge in [-0.25, -0.2) is 0 Å². The Morgan fingerprint density at radius 3 is 2.92 bits per heavy atom. The summed E-state index contributed by atoms with van der Waals surface area (Å²) in [5, 5.41) is 7.09. The molecule has 1 aliphatic rings. The van der Waals surface area contributed by atoms with Gasteiger partial charge in [-0.3, -0.25) is 14.7 Å². The van der Waals surface area contributed by atoms with E-state index in [0.717, 1.165) is 12.8 Å². The van der Waals surface area contributed by atoms with Gasteiger partial charge in [0.25, 0.3) is 5.91 Å². The number of hydrogen-bond donors (Lipinski definition) is 2. The van der Waals surface area contributed by atoms with Crippen molar-refractivity contribution in [3.63, 3.8) is 0 Å². The Labute approximate surface area is 156 Å². The van der Waals surface area contributed by atoms with Gasteiger partial charge in [0, 0.05) is 36.1 Å². The lowest BCUT2D eigenvalue weighted by Crippen LogP contribution is -2.50. The normalized spacial score (nSPS) is 20.0. The molecule has 0 spiro atoms. The number of nitrogens with one attached hydrogen (secondary N) is 1. The number of nitrogens with two attached hydrogens (primary N) is 1. The maximum absolute atomic E-state index is 12.6. The van der Waals surface area contributed by atoms with Crippen molar-refractivity contribution in [3.05, 3.63) is 47.2 Å². The molecule has 2 amide bonds. The first-order valence-corrected chi connectivity index (χ1v) is 8.81. The molecule has 0 bridgehead atoms. The van der Waals surface area contributed by atoms with Crippen LogP contribution in [0.25, 0.3) is 0 Å². The second-order valence-electron chi connectivity index (χ2n) is 6.69. The van der Waals surface area contributed by atoms with Gasteiger partial charge in [0.2, 0.25) is 5.91 Å². The molecule has 1 fully saturated rings. The topological polar surface area (TPSA) is 101 Å². The van der Waals surface area contributed by atoms with Gasteiger partial charge in [-0.05, 0) is 37.1 Å². The number of rotatable bonds is 6. The summed E-state index contributed by atoms with van der Waals surface area (Å²) >= 11 is 5.99. The SMILES string of the molecule is NC(=O)C[C@@]1(COc2cccc(Cl)c2)CCCN(C(=O)c2ccn[nH]2)C1. The summed E-state index contributed by atoms with van der Waals surface area (Å²) < 4.78 is 5.90. The quantitative estimate of drug-likeness (QED) is 0.807. The highest BCUT2D eigenvalue weighted by Crippen LogP contribution is 2.35. The molecule has 0 aliphatic carbocycles. The van der Waals surface area contributed by atoms with Crippen molar-refractivity contribution < 1.29 is 14.3 Å². The highest BCUT2D eigenvalue weighted by atomic mass is 35.5. The predicted molar refractivity (Wildman–Crippen MR) is 96.9 cm³/mol. The number of H-pyrrole nitrogens is 1. The minimum absolute atomic E-state index is 0.140. The zero-order valence-corrected chi connectivity index (χ0v) is 15.0. The van der Waals surface area contributed by atoms with Crippen molar-refractivity contribution in [2.45, 2.75) is 19.3 Å². The largest absolute Gasteiger partial charge is 0.493 e. The predicted octanol–water partition coefficient (Wildman–Crippen LogP) is 2.24. The maximum atomic E-state index is 12.6. The van der Waals surface area contributed by atoms with E-state index in [2.05, 4.69) is 10.2 Å². The van der Waals surface area contributed by atoms with Crippen LogP contribution in [0, 0.1) is 5.41 Å². The second kappa shape index (κ2) is 7.78. The number of likely N-dealkylation sites (tertiary alicyclic amines) is 1. The molecular weight excluding hydrogens is 356 g/mol. The molecule has 1 atom stereocenters. The standard InChI is InChI=1S/C18H21ClN4O3/c19-13-3-1-4-14(9-13)26-12-18(10-16(20)24)6-2-8-23(11-18)17(25)15-5-7-21-22-15/h1,3-5,7,9H,2,6,8,10-12H2,(H2,20,24)(H,21,22)/t18-/m0/s1. The number of primary amides is 1. The average molecular weight is 377 g/mol. The lowest BCUT2D eigenvalue weighted by molar-refractivity contribution is -0.122. The number of nitrogens with zero attached hydrogens (tertiary/aromatic N) is 2. The van der Waals surface area contributed by atoms with Crippen LogP contribution in [0.2, 0.25) is 5.02 Å². The van der Waals surface area contributed by atoms with Gasteiger partial charge in [-0.2, -0.15) is 5.10 Å². The molecule has 3 rings (SSSR count). The zero-order valence-electron chi connectivity index (χ0n) is 14.3. The number of benzene rings is 1. The molecular formula is C18H21ClN4O3. The fraction of sp³-hybridized carbons (Fsp3) is 0.389. The van der Waals surface area contributed by atoms with Crippen molar-refractivity contribution in [1.29, 1.82) is 0 Å². The molecule has 3 N–H and O–H groups in total. The smallest absolute Gasteiger partial charge is 0.271 e. The number of ether oxygens (including phenoxy) is 1. The number of piperidine rings is 1. The van der Waals surface area contributed by atoms with Crippen LogP contribution in [0.3, 0.4) is 0 Å². The van der Waals surface area contributed by atoms with Gasteiger partial charge < -0.3 is 15.4 Å². The van der Waals surface area contributed by atoms with Crippen LogP contribution in [0.4, 0.5) is 0 Å².